The maximum atomic E-state index is 5.61. The highest BCUT2D eigenvalue weighted by atomic mass is 16.5. The Morgan fingerprint density at radius 3 is 2.33 bits per heavy atom. The summed E-state index contributed by atoms with van der Waals surface area (Å²) in [5.41, 5.74) is 3.82. The molecule has 0 heterocycles. The molecule has 1 N–H and O–H groups in total. The quantitative estimate of drug-likeness (QED) is 0.755. The summed E-state index contributed by atoms with van der Waals surface area (Å²) < 4.78 is 10.6. The van der Waals surface area contributed by atoms with Crippen molar-refractivity contribution in [3.63, 3.8) is 0 Å². The number of aryl methyl sites for hydroxylation is 1. The van der Waals surface area contributed by atoms with Crippen LogP contribution in [0.4, 0.5) is 0 Å². The molecule has 0 spiro atoms. The van der Waals surface area contributed by atoms with Crippen molar-refractivity contribution in [3.8, 4) is 5.75 Å². The average molecular weight is 285 g/mol. The molecule has 2 aromatic rings. The highest BCUT2D eigenvalue weighted by Crippen LogP contribution is 2.13. The molecule has 0 unspecified atom stereocenters. The minimum atomic E-state index is 0.580. The zero-order valence-electron chi connectivity index (χ0n) is 12.8. The van der Waals surface area contributed by atoms with Crippen molar-refractivity contribution >= 4 is 0 Å². The van der Waals surface area contributed by atoms with Crippen molar-refractivity contribution in [2.45, 2.75) is 20.0 Å². The standard InChI is InChI=1S/C18H23NO2/c1-15-5-3-6-16(11-15)13-19-14-17-7-4-8-18(12-17)21-10-9-20-2/h3-8,11-12,19H,9-10,13-14H2,1-2H3. The zero-order chi connectivity index (χ0) is 14.9. The fourth-order valence-electron chi connectivity index (χ4n) is 2.16. The number of hydrogen-bond acceptors (Lipinski definition) is 3. The summed E-state index contributed by atoms with van der Waals surface area (Å²) in [6, 6.07) is 16.7. The minimum absolute atomic E-state index is 0.580. The van der Waals surface area contributed by atoms with Gasteiger partial charge in [-0.2, -0.15) is 0 Å². The first-order chi connectivity index (χ1) is 10.3. The largest absolute Gasteiger partial charge is 0.491 e. The zero-order valence-corrected chi connectivity index (χ0v) is 12.8. The molecule has 3 nitrogen and oxygen atoms in total. The maximum absolute atomic E-state index is 5.61. The Bertz CT molecular complexity index is 554. The third-order valence-electron chi connectivity index (χ3n) is 3.20. The molecule has 0 amide bonds. The molecule has 0 atom stereocenters. The van der Waals surface area contributed by atoms with Crippen LogP contribution in [0.15, 0.2) is 48.5 Å². The molecule has 0 aliphatic rings. The van der Waals surface area contributed by atoms with Crippen molar-refractivity contribution in [2.24, 2.45) is 0 Å². The average Bonchev–Trinajstić information content (AvgIpc) is 2.48. The van der Waals surface area contributed by atoms with Crippen LogP contribution in [0.5, 0.6) is 5.75 Å². The van der Waals surface area contributed by atoms with Crippen LogP contribution >= 0.6 is 0 Å². The molecule has 0 aromatic heterocycles. The van der Waals surface area contributed by atoms with Gasteiger partial charge in [0.15, 0.2) is 0 Å². The first kappa shape index (κ1) is 15.5. The van der Waals surface area contributed by atoms with Crippen LogP contribution < -0.4 is 10.1 Å². The van der Waals surface area contributed by atoms with E-state index in [0.717, 1.165) is 18.8 Å². The number of methoxy groups -OCH3 is 1. The number of benzene rings is 2. The van der Waals surface area contributed by atoms with Gasteiger partial charge < -0.3 is 14.8 Å². The summed E-state index contributed by atoms with van der Waals surface area (Å²) >= 11 is 0. The first-order valence-corrected chi connectivity index (χ1v) is 7.25. The van der Waals surface area contributed by atoms with Gasteiger partial charge in [0.25, 0.3) is 0 Å². The summed E-state index contributed by atoms with van der Waals surface area (Å²) in [6.07, 6.45) is 0. The van der Waals surface area contributed by atoms with Gasteiger partial charge >= 0.3 is 0 Å². The van der Waals surface area contributed by atoms with Crippen molar-refractivity contribution in [2.75, 3.05) is 20.3 Å². The van der Waals surface area contributed by atoms with Crippen LogP contribution in [0.2, 0.25) is 0 Å². The normalized spacial score (nSPS) is 10.6. The van der Waals surface area contributed by atoms with Crippen LogP contribution in [-0.4, -0.2) is 20.3 Å². The Morgan fingerprint density at radius 1 is 0.905 bits per heavy atom. The van der Waals surface area contributed by atoms with Gasteiger partial charge in [0.2, 0.25) is 0 Å². The molecule has 2 aromatic carbocycles. The molecule has 0 saturated carbocycles. The third-order valence-corrected chi connectivity index (χ3v) is 3.20. The van der Waals surface area contributed by atoms with Crippen LogP contribution in [0.25, 0.3) is 0 Å². The lowest BCUT2D eigenvalue weighted by atomic mass is 10.1. The van der Waals surface area contributed by atoms with Gasteiger partial charge in [-0.05, 0) is 30.2 Å². The highest BCUT2D eigenvalue weighted by molar-refractivity contribution is 5.28. The molecule has 0 saturated heterocycles. The number of nitrogens with one attached hydrogen (secondary N) is 1. The fraction of sp³-hybridized carbons (Fsp3) is 0.333. The number of rotatable bonds is 8. The van der Waals surface area contributed by atoms with Gasteiger partial charge in [-0.15, -0.1) is 0 Å². The molecule has 0 bridgehead atoms. The van der Waals surface area contributed by atoms with Gasteiger partial charge in [-0.3, -0.25) is 0 Å². The van der Waals surface area contributed by atoms with Gasteiger partial charge in [-0.25, -0.2) is 0 Å². The number of hydrogen-bond donors (Lipinski definition) is 1. The minimum Gasteiger partial charge on any atom is -0.491 e. The summed E-state index contributed by atoms with van der Waals surface area (Å²) in [5.74, 6) is 0.891. The molecule has 0 aliphatic carbocycles. The van der Waals surface area contributed by atoms with Crippen molar-refractivity contribution in [1.29, 1.82) is 0 Å². The van der Waals surface area contributed by atoms with Crippen molar-refractivity contribution in [1.82, 2.24) is 5.32 Å². The first-order valence-electron chi connectivity index (χ1n) is 7.25. The lowest BCUT2D eigenvalue weighted by Gasteiger charge is -2.09. The SMILES string of the molecule is COCCOc1cccc(CNCc2cccc(C)c2)c1. The van der Waals surface area contributed by atoms with E-state index in [4.69, 9.17) is 9.47 Å². The summed E-state index contributed by atoms with van der Waals surface area (Å²) in [7, 11) is 1.68. The molecule has 2 rings (SSSR count). The second-order valence-corrected chi connectivity index (χ2v) is 5.08. The Hall–Kier alpha value is -1.84. The lowest BCUT2D eigenvalue weighted by Crippen LogP contribution is -2.13. The third kappa shape index (κ3) is 5.58. The van der Waals surface area contributed by atoms with E-state index in [1.54, 1.807) is 7.11 Å². The Balaban J connectivity index is 1.81. The lowest BCUT2D eigenvalue weighted by molar-refractivity contribution is 0.146. The van der Waals surface area contributed by atoms with E-state index in [1.165, 1.54) is 16.7 Å². The second kappa shape index (κ2) is 8.45. The van der Waals surface area contributed by atoms with E-state index >= 15 is 0 Å². The molecular formula is C18H23NO2. The molecule has 112 valence electrons. The Morgan fingerprint density at radius 2 is 1.62 bits per heavy atom. The Kier molecular flexibility index (Phi) is 6.25. The topological polar surface area (TPSA) is 30.5 Å². The summed E-state index contributed by atoms with van der Waals surface area (Å²) in [5, 5.41) is 3.46. The van der Waals surface area contributed by atoms with Crippen molar-refractivity contribution in [3.05, 3.63) is 65.2 Å². The van der Waals surface area contributed by atoms with Crippen LogP contribution in [0, 0.1) is 6.92 Å². The Labute approximate surface area is 126 Å². The molecule has 0 fully saturated rings. The fourth-order valence-corrected chi connectivity index (χ4v) is 2.16. The second-order valence-electron chi connectivity index (χ2n) is 5.08. The van der Waals surface area contributed by atoms with Crippen LogP contribution in [0.1, 0.15) is 16.7 Å². The monoisotopic (exact) mass is 285 g/mol. The molecular weight excluding hydrogens is 262 g/mol. The van der Waals surface area contributed by atoms with E-state index in [1.807, 2.05) is 12.1 Å². The van der Waals surface area contributed by atoms with E-state index in [-0.39, 0.29) is 0 Å². The van der Waals surface area contributed by atoms with E-state index < -0.39 is 0 Å². The molecule has 3 heteroatoms. The van der Waals surface area contributed by atoms with Gasteiger partial charge in [-0.1, -0.05) is 42.0 Å². The van der Waals surface area contributed by atoms with Gasteiger partial charge in [0.05, 0.1) is 6.61 Å². The highest BCUT2D eigenvalue weighted by Gasteiger charge is 1.98. The summed E-state index contributed by atoms with van der Waals surface area (Å²) in [4.78, 5) is 0. The maximum Gasteiger partial charge on any atom is 0.119 e. The smallest absolute Gasteiger partial charge is 0.119 e. The van der Waals surface area contributed by atoms with Gasteiger partial charge in [0, 0.05) is 20.2 Å². The van der Waals surface area contributed by atoms with E-state index in [0.29, 0.717) is 13.2 Å². The number of ether oxygens (including phenoxy) is 2. The van der Waals surface area contributed by atoms with Crippen LogP contribution in [0.3, 0.4) is 0 Å². The summed E-state index contributed by atoms with van der Waals surface area (Å²) in [6.45, 7) is 5.00. The molecule has 0 aliphatic heterocycles. The van der Waals surface area contributed by atoms with E-state index in [2.05, 4.69) is 48.6 Å². The predicted molar refractivity (Wildman–Crippen MR) is 85.5 cm³/mol. The molecule has 0 radical (unpaired) electrons. The van der Waals surface area contributed by atoms with Gasteiger partial charge in [0.1, 0.15) is 12.4 Å². The van der Waals surface area contributed by atoms with E-state index in [9.17, 15) is 0 Å². The predicted octanol–water partition coefficient (Wildman–Crippen LogP) is 3.31. The van der Waals surface area contributed by atoms with Crippen LogP contribution in [-0.2, 0) is 17.8 Å². The van der Waals surface area contributed by atoms with Crippen molar-refractivity contribution < 1.29 is 9.47 Å². The molecule has 21 heavy (non-hydrogen) atoms.